The van der Waals surface area contributed by atoms with Crippen LogP contribution in [0.1, 0.15) is 6.42 Å². The van der Waals surface area contributed by atoms with Crippen molar-refractivity contribution in [1.82, 2.24) is 4.98 Å². The van der Waals surface area contributed by atoms with Crippen molar-refractivity contribution in [2.24, 2.45) is 0 Å². The van der Waals surface area contributed by atoms with Crippen LogP contribution in [0.4, 0.5) is 5.13 Å². The van der Waals surface area contributed by atoms with Gasteiger partial charge in [-0.3, -0.25) is 4.79 Å². The predicted octanol–water partition coefficient (Wildman–Crippen LogP) is 6.08. The maximum atomic E-state index is 12.2. The number of benzene rings is 3. The summed E-state index contributed by atoms with van der Waals surface area (Å²) in [5.74, 6) is 0.747. The van der Waals surface area contributed by atoms with Crippen LogP contribution in [0.3, 0.4) is 0 Å². The van der Waals surface area contributed by atoms with E-state index in [1.165, 1.54) is 27.0 Å². The van der Waals surface area contributed by atoms with E-state index in [0.717, 1.165) is 17.0 Å². The Bertz CT molecular complexity index is 1060. The lowest BCUT2D eigenvalue weighted by atomic mass is 10.1. The summed E-state index contributed by atoms with van der Waals surface area (Å²) < 4.78 is 0. The second-order valence-electron chi connectivity index (χ2n) is 6.06. The fourth-order valence-electron chi connectivity index (χ4n) is 2.77. The SMILES string of the molecule is O=C(CCSc1ccccc1)Nc1nc(-c2ccc3ccccc3c2)cs1. The van der Waals surface area contributed by atoms with Gasteiger partial charge in [-0.05, 0) is 29.0 Å². The molecule has 5 heteroatoms. The number of aromatic nitrogens is 1. The average Bonchev–Trinajstić information content (AvgIpc) is 3.17. The van der Waals surface area contributed by atoms with Crippen molar-refractivity contribution in [3.8, 4) is 11.3 Å². The summed E-state index contributed by atoms with van der Waals surface area (Å²) in [5, 5.41) is 7.94. The second kappa shape index (κ2) is 8.37. The van der Waals surface area contributed by atoms with Gasteiger partial charge in [0.25, 0.3) is 0 Å². The molecule has 0 atom stereocenters. The fourth-order valence-corrected chi connectivity index (χ4v) is 4.38. The van der Waals surface area contributed by atoms with Gasteiger partial charge in [-0.25, -0.2) is 4.98 Å². The molecular formula is C22H18N2OS2. The van der Waals surface area contributed by atoms with Gasteiger partial charge in [0.1, 0.15) is 0 Å². The Labute approximate surface area is 166 Å². The lowest BCUT2D eigenvalue weighted by Gasteiger charge is -2.03. The Morgan fingerprint density at radius 2 is 1.74 bits per heavy atom. The molecule has 1 heterocycles. The van der Waals surface area contributed by atoms with Gasteiger partial charge in [0.2, 0.25) is 5.91 Å². The first-order valence-electron chi connectivity index (χ1n) is 8.70. The maximum Gasteiger partial charge on any atom is 0.226 e. The minimum atomic E-state index is -0.00200. The first kappa shape index (κ1) is 17.8. The highest BCUT2D eigenvalue weighted by atomic mass is 32.2. The van der Waals surface area contributed by atoms with Crippen LogP contribution in [0, 0.1) is 0 Å². The van der Waals surface area contributed by atoms with E-state index in [4.69, 9.17) is 0 Å². The van der Waals surface area contributed by atoms with Crippen molar-refractivity contribution in [1.29, 1.82) is 0 Å². The molecule has 0 saturated carbocycles. The molecule has 0 aliphatic rings. The number of hydrogen-bond acceptors (Lipinski definition) is 4. The minimum Gasteiger partial charge on any atom is -0.302 e. The van der Waals surface area contributed by atoms with E-state index in [9.17, 15) is 4.79 Å². The Morgan fingerprint density at radius 3 is 2.59 bits per heavy atom. The summed E-state index contributed by atoms with van der Waals surface area (Å²) in [5.41, 5.74) is 1.95. The van der Waals surface area contributed by atoms with Crippen LogP contribution in [0.5, 0.6) is 0 Å². The molecule has 0 saturated heterocycles. The van der Waals surface area contributed by atoms with Crippen molar-refractivity contribution in [3.63, 3.8) is 0 Å². The van der Waals surface area contributed by atoms with Gasteiger partial charge < -0.3 is 5.32 Å². The summed E-state index contributed by atoms with van der Waals surface area (Å²) in [7, 11) is 0. The molecule has 4 aromatic rings. The van der Waals surface area contributed by atoms with Gasteiger partial charge in [-0.2, -0.15) is 0 Å². The lowest BCUT2D eigenvalue weighted by Crippen LogP contribution is -2.11. The van der Waals surface area contributed by atoms with Gasteiger partial charge in [-0.1, -0.05) is 54.6 Å². The third-order valence-corrected chi connectivity index (χ3v) is 5.91. The van der Waals surface area contributed by atoms with Gasteiger partial charge in [0.05, 0.1) is 5.69 Å². The number of nitrogens with one attached hydrogen (secondary N) is 1. The molecule has 3 nitrogen and oxygen atoms in total. The van der Waals surface area contributed by atoms with Crippen molar-refractivity contribution in [2.45, 2.75) is 11.3 Å². The molecule has 1 N–H and O–H groups in total. The number of anilines is 1. The lowest BCUT2D eigenvalue weighted by molar-refractivity contribution is -0.115. The fraction of sp³-hybridized carbons (Fsp3) is 0.0909. The second-order valence-corrected chi connectivity index (χ2v) is 8.09. The molecule has 0 radical (unpaired) electrons. The molecule has 4 rings (SSSR count). The standard InChI is InChI=1S/C22H18N2OS2/c25-21(12-13-26-19-8-2-1-3-9-19)24-22-23-20(15-27-22)18-11-10-16-6-4-5-7-17(16)14-18/h1-11,14-15H,12-13H2,(H,23,24,25). The van der Waals surface area contributed by atoms with Crippen LogP contribution >= 0.6 is 23.1 Å². The van der Waals surface area contributed by atoms with E-state index >= 15 is 0 Å². The molecular weight excluding hydrogens is 372 g/mol. The largest absolute Gasteiger partial charge is 0.302 e. The number of rotatable bonds is 6. The Hall–Kier alpha value is -2.63. The molecule has 134 valence electrons. The van der Waals surface area contributed by atoms with Gasteiger partial charge >= 0.3 is 0 Å². The van der Waals surface area contributed by atoms with E-state index in [-0.39, 0.29) is 5.91 Å². The quantitative estimate of drug-likeness (QED) is 0.405. The highest BCUT2D eigenvalue weighted by molar-refractivity contribution is 7.99. The molecule has 0 aliphatic heterocycles. The van der Waals surface area contributed by atoms with Crippen molar-refractivity contribution < 1.29 is 4.79 Å². The van der Waals surface area contributed by atoms with Gasteiger partial charge in [0, 0.05) is 28.0 Å². The summed E-state index contributed by atoms with van der Waals surface area (Å²) in [4.78, 5) is 17.9. The topological polar surface area (TPSA) is 42.0 Å². The molecule has 27 heavy (non-hydrogen) atoms. The maximum absolute atomic E-state index is 12.2. The zero-order valence-corrected chi connectivity index (χ0v) is 16.2. The van der Waals surface area contributed by atoms with Crippen LogP contribution in [-0.2, 0) is 4.79 Å². The molecule has 0 spiro atoms. The third kappa shape index (κ3) is 4.56. The normalized spacial score (nSPS) is 10.8. The first-order valence-corrected chi connectivity index (χ1v) is 10.6. The van der Waals surface area contributed by atoms with E-state index in [2.05, 4.69) is 52.8 Å². The van der Waals surface area contributed by atoms with Crippen molar-refractivity contribution >= 4 is 44.9 Å². The number of nitrogens with zero attached hydrogens (tertiary/aromatic N) is 1. The number of fused-ring (bicyclic) bond motifs is 1. The summed E-state index contributed by atoms with van der Waals surface area (Å²) >= 11 is 3.14. The molecule has 0 bridgehead atoms. The number of thiazole rings is 1. The zero-order chi connectivity index (χ0) is 18.5. The van der Waals surface area contributed by atoms with Crippen LogP contribution in [0.15, 0.2) is 83.1 Å². The van der Waals surface area contributed by atoms with Crippen LogP contribution in [0.2, 0.25) is 0 Å². The number of thioether (sulfide) groups is 1. The number of amides is 1. The smallest absolute Gasteiger partial charge is 0.226 e. The zero-order valence-electron chi connectivity index (χ0n) is 14.6. The predicted molar refractivity (Wildman–Crippen MR) is 115 cm³/mol. The van der Waals surface area contributed by atoms with Crippen LogP contribution < -0.4 is 5.32 Å². The molecule has 1 aromatic heterocycles. The van der Waals surface area contributed by atoms with E-state index in [1.54, 1.807) is 11.8 Å². The van der Waals surface area contributed by atoms with Crippen LogP contribution in [0.25, 0.3) is 22.0 Å². The molecule has 0 unspecified atom stereocenters. The molecule has 3 aromatic carbocycles. The average molecular weight is 391 g/mol. The number of hydrogen-bond donors (Lipinski definition) is 1. The monoisotopic (exact) mass is 390 g/mol. The van der Waals surface area contributed by atoms with E-state index < -0.39 is 0 Å². The number of carbonyl (C=O) groups is 1. The van der Waals surface area contributed by atoms with Crippen LogP contribution in [-0.4, -0.2) is 16.6 Å². The Kier molecular flexibility index (Phi) is 5.51. The summed E-state index contributed by atoms with van der Waals surface area (Å²) in [6.45, 7) is 0. The van der Waals surface area contributed by atoms with E-state index in [0.29, 0.717) is 11.6 Å². The van der Waals surface area contributed by atoms with Crippen molar-refractivity contribution in [2.75, 3.05) is 11.1 Å². The highest BCUT2D eigenvalue weighted by Gasteiger charge is 2.09. The number of carbonyl (C=O) groups excluding carboxylic acids is 1. The molecule has 0 aliphatic carbocycles. The Morgan fingerprint density at radius 1 is 0.963 bits per heavy atom. The van der Waals surface area contributed by atoms with Crippen molar-refractivity contribution in [3.05, 3.63) is 78.2 Å². The molecule has 0 fully saturated rings. The highest BCUT2D eigenvalue weighted by Crippen LogP contribution is 2.28. The Balaban J connectivity index is 1.36. The third-order valence-electron chi connectivity index (χ3n) is 4.14. The molecule has 1 amide bonds. The van der Waals surface area contributed by atoms with Gasteiger partial charge in [0.15, 0.2) is 5.13 Å². The summed E-state index contributed by atoms with van der Waals surface area (Å²) in [6.07, 6.45) is 0.463. The minimum absolute atomic E-state index is 0.00200. The van der Waals surface area contributed by atoms with Gasteiger partial charge in [-0.15, -0.1) is 23.1 Å². The summed E-state index contributed by atoms with van der Waals surface area (Å²) in [6, 6.07) is 24.7. The van der Waals surface area contributed by atoms with E-state index in [1.807, 2.05) is 35.7 Å². The first-order chi connectivity index (χ1) is 13.3.